The molecule has 1 aliphatic rings. The molecule has 0 saturated carbocycles. The first-order valence-electron chi connectivity index (χ1n) is 7.47. The Morgan fingerprint density at radius 2 is 2.00 bits per heavy atom. The van der Waals surface area contributed by atoms with Crippen LogP contribution in [0, 0.1) is 17.0 Å². The lowest BCUT2D eigenvalue weighted by molar-refractivity contribution is -0.386. The van der Waals surface area contributed by atoms with Crippen molar-refractivity contribution in [2.24, 2.45) is 0 Å². The van der Waals surface area contributed by atoms with E-state index in [4.69, 9.17) is 0 Å². The van der Waals surface area contributed by atoms with Gasteiger partial charge in [-0.1, -0.05) is 5.57 Å². The fourth-order valence-electron chi connectivity index (χ4n) is 2.93. The van der Waals surface area contributed by atoms with Gasteiger partial charge in [-0.2, -0.15) is 0 Å². The molecule has 6 nitrogen and oxygen atoms in total. The highest BCUT2D eigenvalue weighted by Gasteiger charge is 2.31. The lowest BCUT2D eigenvalue weighted by Crippen LogP contribution is -2.45. The van der Waals surface area contributed by atoms with Gasteiger partial charge in [0.15, 0.2) is 0 Å². The van der Waals surface area contributed by atoms with Crippen LogP contribution in [0.4, 0.5) is 5.69 Å². The summed E-state index contributed by atoms with van der Waals surface area (Å²) in [7, 11) is 0. The van der Waals surface area contributed by atoms with Gasteiger partial charge in [-0.3, -0.25) is 15.0 Å². The van der Waals surface area contributed by atoms with Crippen LogP contribution in [-0.2, 0) is 0 Å². The molecule has 1 aromatic carbocycles. The molecular weight excluding hydrogens is 353 g/mol. The predicted octanol–water partition coefficient (Wildman–Crippen LogP) is 3.36. The van der Waals surface area contributed by atoms with Crippen molar-refractivity contribution in [2.75, 3.05) is 26.2 Å². The monoisotopic (exact) mass is 377 g/mol. The first-order valence-corrected chi connectivity index (χ1v) is 7.47. The van der Waals surface area contributed by atoms with E-state index in [9.17, 15) is 15.2 Å². The Kier molecular flexibility index (Phi) is 9.29. The normalized spacial score (nSPS) is 15.8. The number of halogens is 2. The number of piperazine rings is 1. The summed E-state index contributed by atoms with van der Waals surface area (Å²) in [4.78, 5) is 13.2. The average Bonchev–Trinajstić information content (AvgIpc) is 2.48. The van der Waals surface area contributed by atoms with Crippen molar-refractivity contribution in [1.29, 1.82) is 0 Å². The number of benzene rings is 1. The summed E-state index contributed by atoms with van der Waals surface area (Å²) in [6, 6.07) is 2.85. The number of phenols is 1. The largest absolute Gasteiger partial charge is 0.507 e. The molecule has 136 valence electrons. The summed E-state index contributed by atoms with van der Waals surface area (Å²) in [5.41, 5.74) is 1.99. The number of phenolic OH excluding ortho intramolecular Hbond substituents is 1. The van der Waals surface area contributed by atoms with Gasteiger partial charge in [0.2, 0.25) is 0 Å². The summed E-state index contributed by atoms with van der Waals surface area (Å²) >= 11 is 0. The molecule has 2 rings (SSSR count). The summed E-state index contributed by atoms with van der Waals surface area (Å²) in [6.07, 6.45) is 0.595. The molecule has 0 aliphatic carbocycles. The maximum atomic E-state index is 11.4. The molecule has 0 radical (unpaired) electrons. The molecule has 1 atom stereocenters. The Morgan fingerprint density at radius 1 is 1.42 bits per heavy atom. The number of hydrogen-bond acceptors (Lipinski definition) is 5. The van der Waals surface area contributed by atoms with Crippen LogP contribution in [0.2, 0.25) is 0 Å². The molecule has 0 aromatic heterocycles. The van der Waals surface area contributed by atoms with Crippen molar-refractivity contribution in [3.8, 4) is 5.75 Å². The van der Waals surface area contributed by atoms with Crippen LogP contribution in [0.1, 0.15) is 30.5 Å². The summed E-state index contributed by atoms with van der Waals surface area (Å²) < 4.78 is 0. The van der Waals surface area contributed by atoms with E-state index >= 15 is 0 Å². The number of nitrogens with one attached hydrogen (secondary N) is 1. The Morgan fingerprint density at radius 3 is 2.50 bits per heavy atom. The SMILES string of the molecule is C=C(C)C[C@@H](c1c([N+](=O)[O-])ccc(C)c1O)N1CCNCC1.Cl.Cl. The Bertz CT molecular complexity index is 590. The second-order valence-corrected chi connectivity index (χ2v) is 5.88. The van der Waals surface area contributed by atoms with Crippen molar-refractivity contribution in [3.05, 3.63) is 45.5 Å². The number of nitro groups is 1. The van der Waals surface area contributed by atoms with Crippen LogP contribution in [0.3, 0.4) is 0 Å². The van der Waals surface area contributed by atoms with Gasteiger partial charge < -0.3 is 10.4 Å². The second kappa shape index (κ2) is 9.84. The van der Waals surface area contributed by atoms with Gasteiger partial charge in [-0.05, 0) is 31.9 Å². The Balaban J connectivity index is 0.00000264. The Hall–Kier alpha value is -1.34. The number of nitro benzene ring substituents is 1. The number of hydrogen-bond donors (Lipinski definition) is 2. The van der Waals surface area contributed by atoms with Crippen molar-refractivity contribution in [2.45, 2.75) is 26.3 Å². The summed E-state index contributed by atoms with van der Waals surface area (Å²) in [5.74, 6) is 0.0268. The quantitative estimate of drug-likeness (QED) is 0.467. The van der Waals surface area contributed by atoms with Gasteiger partial charge in [0, 0.05) is 38.3 Å². The molecule has 24 heavy (non-hydrogen) atoms. The summed E-state index contributed by atoms with van der Waals surface area (Å²) in [5, 5.41) is 25.1. The molecule has 1 heterocycles. The van der Waals surface area contributed by atoms with Crippen LogP contribution in [0.5, 0.6) is 5.75 Å². The van der Waals surface area contributed by atoms with E-state index in [1.807, 2.05) is 6.92 Å². The number of aryl methyl sites for hydroxylation is 1. The third kappa shape index (κ3) is 5.08. The zero-order valence-electron chi connectivity index (χ0n) is 13.9. The maximum absolute atomic E-state index is 11.4. The van der Waals surface area contributed by atoms with Gasteiger partial charge in [0.05, 0.1) is 10.5 Å². The first kappa shape index (κ1) is 22.7. The topological polar surface area (TPSA) is 78.6 Å². The third-order valence-corrected chi connectivity index (χ3v) is 4.06. The molecule has 1 saturated heterocycles. The van der Waals surface area contributed by atoms with E-state index in [0.29, 0.717) is 17.5 Å². The number of nitrogens with zero attached hydrogens (tertiary/aromatic N) is 2. The molecule has 0 amide bonds. The van der Waals surface area contributed by atoms with E-state index in [1.54, 1.807) is 13.0 Å². The lowest BCUT2D eigenvalue weighted by atomic mass is 9.94. The van der Waals surface area contributed by atoms with Crippen molar-refractivity contribution < 1.29 is 10.0 Å². The van der Waals surface area contributed by atoms with E-state index in [0.717, 1.165) is 31.8 Å². The van der Waals surface area contributed by atoms with Gasteiger partial charge in [-0.25, -0.2) is 0 Å². The maximum Gasteiger partial charge on any atom is 0.277 e. The van der Waals surface area contributed by atoms with Crippen LogP contribution >= 0.6 is 24.8 Å². The molecule has 2 N–H and O–H groups in total. The van der Waals surface area contributed by atoms with Gasteiger partial charge in [-0.15, -0.1) is 31.4 Å². The molecule has 1 aliphatic heterocycles. The molecule has 8 heteroatoms. The van der Waals surface area contributed by atoms with Gasteiger partial charge >= 0.3 is 0 Å². The minimum atomic E-state index is -0.415. The highest BCUT2D eigenvalue weighted by atomic mass is 35.5. The van der Waals surface area contributed by atoms with Crippen molar-refractivity contribution >= 4 is 30.5 Å². The van der Waals surface area contributed by atoms with Gasteiger partial charge in [0.1, 0.15) is 5.75 Å². The molecule has 1 fully saturated rings. The third-order valence-electron chi connectivity index (χ3n) is 4.06. The first-order chi connectivity index (χ1) is 10.4. The molecule has 0 unspecified atom stereocenters. The predicted molar refractivity (Wildman–Crippen MR) is 101 cm³/mol. The molecule has 0 spiro atoms. The van der Waals surface area contributed by atoms with Gasteiger partial charge in [0.25, 0.3) is 5.69 Å². The smallest absolute Gasteiger partial charge is 0.277 e. The molecular formula is C16H25Cl2N3O3. The number of aromatic hydroxyl groups is 1. The zero-order valence-corrected chi connectivity index (χ0v) is 15.6. The minimum Gasteiger partial charge on any atom is -0.507 e. The van der Waals surface area contributed by atoms with Crippen LogP contribution < -0.4 is 5.32 Å². The zero-order chi connectivity index (χ0) is 16.3. The van der Waals surface area contributed by atoms with E-state index in [2.05, 4.69) is 16.8 Å². The van der Waals surface area contributed by atoms with Crippen molar-refractivity contribution in [1.82, 2.24) is 10.2 Å². The Labute approximate surface area is 154 Å². The second-order valence-electron chi connectivity index (χ2n) is 5.88. The van der Waals surface area contributed by atoms with E-state index < -0.39 is 4.92 Å². The van der Waals surface area contributed by atoms with Crippen molar-refractivity contribution in [3.63, 3.8) is 0 Å². The van der Waals surface area contributed by atoms with Crippen LogP contribution in [-0.4, -0.2) is 41.1 Å². The van der Waals surface area contributed by atoms with Crippen LogP contribution in [0.25, 0.3) is 0 Å². The molecule has 0 bridgehead atoms. The fourth-order valence-corrected chi connectivity index (χ4v) is 2.93. The average molecular weight is 378 g/mol. The summed E-state index contributed by atoms with van der Waals surface area (Å²) in [6.45, 7) is 10.9. The molecule has 1 aromatic rings. The number of rotatable bonds is 5. The minimum absolute atomic E-state index is 0. The van der Waals surface area contributed by atoms with Crippen LogP contribution in [0.15, 0.2) is 24.3 Å². The van der Waals surface area contributed by atoms with E-state index in [-0.39, 0.29) is 42.3 Å². The highest BCUT2D eigenvalue weighted by molar-refractivity contribution is 5.85. The highest BCUT2D eigenvalue weighted by Crippen LogP contribution is 2.41. The standard InChI is InChI=1S/C16H23N3O3.2ClH/c1-11(2)10-14(18-8-6-17-7-9-18)15-13(19(21)22)5-4-12(3)16(15)20;;/h4-5,14,17,20H,1,6-10H2,2-3H3;2*1H/t14-;;/m0../s1. The fraction of sp³-hybridized carbons (Fsp3) is 0.500. The van der Waals surface area contributed by atoms with E-state index in [1.165, 1.54) is 6.07 Å². The lowest BCUT2D eigenvalue weighted by Gasteiger charge is -2.35.